The van der Waals surface area contributed by atoms with Crippen molar-refractivity contribution in [1.82, 2.24) is 0 Å². The van der Waals surface area contributed by atoms with Gasteiger partial charge in [-0.3, -0.25) is 25.0 Å². The SMILES string of the molecule is COc1cc(/C=C(/C#N)C(=O)Nc2ccc(N(C)C)cc2)ccc1Oc1ccc([N+](=O)[O-])cc1[N+](=O)[O-]. The van der Waals surface area contributed by atoms with Crippen LogP contribution in [0.3, 0.4) is 0 Å². The molecule has 188 valence electrons. The van der Waals surface area contributed by atoms with Crippen LogP contribution >= 0.6 is 0 Å². The Morgan fingerprint density at radius 3 is 2.22 bits per heavy atom. The predicted octanol–water partition coefficient (Wildman–Crippen LogP) is 4.92. The number of methoxy groups -OCH3 is 1. The average molecular weight is 503 g/mol. The number of carbonyl (C=O) groups excluding carboxylic acids is 1. The van der Waals surface area contributed by atoms with Crippen LogP contribution in [-0.4, -0.2) is 37.0 Å². The standard InChI is InChI=1S/C25H21N5O7/c1-28(2)19-7-5-18(6-8-19)27-25(31)17(15-26)12-16-4-10-23(24(13-16)36-3)37-22-11-9-20(29(32)33)14-21(22)30(34)35/h4-14H,1-3H3,(H,27,31)/b17-12-. The third kappa shape index (κ3) is 6.37. The summed E-state index contributed by atoms with van der Waals surface area (Å²) in [7, 11) is 5.12. The number of nitrogens with zero attached hydrogens (tertiary/aromatic N) is 4. The topological polar surface area (TPSA) is 161 Å². The summed E-state index contributed by atoms with van der Waals surface area (Å²) in [6.45, 7) is 0. The van der Waals surface area contributed by atoms with E-state index in [1.165, 1.54) is 31.4 Å². The maximum Gasteiger partial charge on any atom is 0.318 e. The molecule has 12 nitrogen and oxygen atoms in total. The molecule has 37 heavy (non-hydrogen) atoms. The molecule has 0 atom stereocenters. The van der Waals surface area contributed by atoms with Crippen LogP contribution in [0.5, 0.6) is 17.2 Å². The Hall–Kier alpha value is -5.44. The number of rotatable bonds is 9. The predicted molar refractivity (Wildman–Crippen MR) is 136 cm³/mol. The zero-order valence-electron chi connectivity index (χ0n) is 20.0. The highest BCUT2D eigenvalue weighted by atomic mass is 16.6. The van der Waals surface area contributed by atoms with Gasteiger partial charge in [0, 0.05) is 31.5 Å². The van der Waals surface area contributed by atoms with Crippen LogP contribution in [0.15, 0.2) is 66.2 Å². The molecule has 3 aromatic rings. The minimum Gasteiger partial charge on any atom is -0.493 e. The van der Waals surface area contributed by atoms with Crippen LogP contribution in [0.2, 0.25) is 0 Å². The van der Waals surface area contributed by atoms with Crippen LogP contribution in [0.4, 0.5) is 22.7 Å². The minimum atomic E-state index is -0.794. The normalized spacial score (nSPS) is 10.7. The molecular formula is C25H21N5O7. The van der Waals surface area contributed by atoms with Gasteiger partial charge in [0.2, 0.25) is 5.75 Å². The maximum atomic E-state index is 12.6. The van der Waals surface area contributed by atoms with Gasteiger partial charge in [-0.15, -0.1) is 0 Å². The van der Waals surface area contributed by atoms with Gasteiger partial charge < -0.3 is 19.7 Å². The lowest BCUT2D eigenvalue weighted by Crippen LogP contribution is -2.14. The lowest BCUT2D eigenvalue weighted by atomic mass is 10.1. The number of nitrogens with one attached hydrogen (secondary N) is 1. The summed E-state index contributed by atoms with van der Waals surface area (Å²) in [5.74, 6) is -0.602. The molecule has 1 amide bonds. The number of non-ortho nitro benzene ring substituents is 1. The molecule has 0 fully saturated rings. The van der Waals surface area contributed by atoms with Crippen LogP contribution in [0, 0.1) is 31.6 Å². The van der Waals surface area contributed by atoms with E-state index in [9.17, 15) is 30.3 Å². The highest BCUT2D eigenvalue weighted by Gasteiger charge is 2.22. The molecule has 1 N–H and O–H groups in total. The van der Waals surface area contributed by atoms with Gasteiger partial charge in [-0.25, -0.2) is 0 Å². The molecule has 0 bridgehead atoms. The number of ether oxygens (including phenoxy) is 2. The van der Waals surface area contributed by atoms with E-state index in [2.05, 4.69) is 5.32 Å². The van der Waals surface area contributed by atoms with E-state index in [-0.39, 0.29) is 22.8 Å². The van der Waals surface area contributed by atoms with Gasteiger partial charge in [0.1, 0.15) is 11.6 Å². The first-order chi connectivity index (χ1) is 17.6. The first-order valence-electron chi connectivity index (χ1n) is 10.6. The molecule has 0 aliphatic heterocycles. The molecule has 3 aromatic carbocycles. The van der Waals surface area contributed by atoms with Crippen LogP contribution < -0.4 is 19.7 Å². The summed E-state index contributed by atoms with van der Waals surface area (Å²) >= 11 is 0. The number of benzene rings is 3. The quantitative estimate of drug-likeness (QED) is 0.185. The average Bonchev–Trinajstić information content (AvgIpc) is 2.88. The van der Waals surface area contributed by atoms with Gasteiger partial charge in [-0.05, 0) is 54.1 Å². The summed E-state index contributed by atoms with van der Waals surface area (Å²) in [6.07, 6.45) is 1.35. The summed E-state index contributed by atoms with van der Waals surface area (Å²) in [6, 6.07) is 16.4. The zero-order valence-corrected chi connectivity index (χ0v) is 20.0. The second kappa shape index (κ2) is 11.3. The fourth-order valence-electron chi connectivity index (χ4n) is 3.18. The molecule has 0 saturated heterocycles. The van der Waals surface area contributed by atoms with Crippen LogP contribution in [-0.2, 0) is 4.79 Å². The third-order valence-electron chi connectivity index (χ3n) is 5.08. The zero-order chi connectivity index (χ0) is 27.1. The molecule has 0 unspecified atom stereocenters. The van der Waals surface area contributed by atoms with Crippen molar-refractivity contribution in [3.05, 3.63) is 92.0 Å². The maximum absolute atomic E-state index is 12.6. The molecular weight excluding hydrogens is 482 g/mol. The first-order valence-corrected chi connectivity index (χ1v) is 10.6. The van der Waals surface area contributed by atoms with Crippen molar-refractivity contribution >= 4 is 34.7 Å². The summed E-state index contributed by atoms with van der Waals surface area (Å²) in [4.78, 5) is 35.3. The van der Waals surface area contributed by atoms with E-state index in [1.54, 1.807) is 12.1 Å². The number of amides is 1. The van der Waals surface area contributed by atoms with Crippen molar-refractivity contribution in [3.63, 3.8) is 0 Å². The Bertz CT molecular complexity index is 1430. The highest BCUT2D eigenvalue weighted by molar-refractivity contribution is 6.09. The molecule has 0 saturated carbocycles. The number of nitriles is 1. The van der Waals surface area contributed by atoms with Gasteiger partial charge in [-0.2, -0.15) is 5.26 Å². The summed E-state index contributed by atoms with van der Waals surface area (Å²) in [5, 5.41) is 34.5. The van der Waals surface area contributed by atoms with Crippen molar-refractivity contribution in [3.8, 4) is 23.3 Å². The van der Waals surface area contributed by atoms with Crippen molar-refractivity contribution < 1.29 is 24.1 Å². The number of carbonyl (C=O) groups is 1. The fourth-order valence-corrected chi connectivity index (χ4v) is 3.18. The monoisotopic (exact) mass is 503 g/mol. The summed E-state index contributed by atoms with van der Waals surface area (Å²) < 4.78 is 10.9. The Labute approximate surface area is 211 Å². The van der Waals surface area contributed by atoms with Crippen LogP contribution in [0.1, 0.15) is 5.56 Å². The van der Waals surface area contributed by atoms with Crippen molar-refractivity contribution in [1.29, 1.82) is 5.26 Å². The van der Waals surface area contributed by atoms with Gasteiger partial charge in [-0.1, -0.05) is 6.07 Å². The number of hydrogen-bond acceptors (Lipinski definition) is 9. The molecule has 0 radical (unpaired) electrons. The number of nitro groups is 2. The lowest BCUT2D eigenvalue weighted by molar-refractivity contribution is -0.394. The Balaban J connectivity index is 1.85. The lowest BCUT2D eigenvalue weighted by Gasteiger charge is -2.13. The number of hydrogen-bond donors (Lipinski definition) is 1. The van der Waals surface area contributed by atoms with E-state index < -0.39 is 27.1 Å². The van der Waals surface area contributed by atoms with Crippen molar-refractivity contribution in [2.24, 2.45) is 0 Å². The summed E-state index contributed by atoms with van der Waals surface area (Å²) in [5.41, 5.74) is 0.672. The molecule has 0 aliphatic rings. The van der Waals surface area contributed by atoms with Gasteiger partial charge in [0.25, 0.3) is 11.6 Å². The molecule has 0 heterocycles. The van der Waals surface area contributed by atoms with Crippen molar-refractivity contribution in [2.75, 3.05) is 31.4 Å². The molecule has 12 heteroatoms. The molecule has 3 rings (SSSR count). The first kappa shape index (κ1) is 26.2. The van der Waals surface area contributed by atoms with E-state index in [4.69, 9.17) is 9.47 Å². The largest absolute Gasteiger partial charge is 0.493 e. The van der Waals surface area contributed by atoms with Gasteiger partial charge in [0.15, 0.2) is 11.5 Å². The van der Waals surface area contributed by atoms with Crippen LogP contribution in [0.25, 0.3) is 6.08 Å². The third-order valence-corrected chi connectivity index (χ3v) is 5.08. The van der Waals surface area contributed by atoms with E-state index >= 15 is 0 Å². The smallest absolute Gasteiger partial charge is 0.318 e. The van der Waals surface area contributed by atoms with Gasteiger partial charge >= 0.3 is 5.69 Å². The Morgan fingerprint density at radius 2 is 1.65 bits per heavy atom. The van der Waals surface area contributed by atoms with E-state index in [0.717, 1.165) is 23.9 Å². The second-order valence-electron chi connectivity index (χ2n) is 7.74. The highest BCUT2D eigenvalue weighted by Crippen LogP contribution is 2.38. The number of anilines is 2. The Morgan fingerprint density at radius 1 is 0.973 bits per heavy atom. The van der Waals surface area contributed by atoms with Crippen molar-refractivity contribution in [2.45, 2.75) is 0 Å². The second-order valence-corrected chi connectivity index (χ2v) is 7.74. The molecule has 0 aromatic heterocycles. The Kier molecular flexibility index (Phi) is 8.01. The van der Waals surface area contributed by atoms with E-state index in [0.29, 0.717) is 11.3 Å². The fraction of sp³-hybridized carbons (Fsp3) is 0.120. The minimum absolute atomic E-state index is 0.0838. The van der Waals surface area contributed by atoms with E-state index in [1.807, 2.05) is 37.2 Å². The number of nitro benzene ring substituents is 2. The van der Waals surface area contributed by atoms with Gasteiger partial charge in [0.05, 0.1) is 23.0 Å². The molecule has 0 aliphatic carbocycles. The molecule has 0 spiro atoms.